The number of rotatable bonds is 5. The van der Waals surface area contributed by atoms with Gasteiger partial charge in [0.2, 0.25) is 0 Å². The number of carbonyl (C=O) groups excluding carboxylic acids is 1. The van der Waals surface area contributed by atoms with Gasteiger partial charge in [0.1, 0.15) is 0 Å². The third-order valence-corrected chi connectivity index (χ3v) is 2.20. The molecule has 0 aliphatic rings. The second-order valence-corrected chi connectivity index (χ2v) is 3.69. The van der Waals surface area contributed by atoms with Gasteiger partial charge >= 0.3 is 12.1 Å². The molecule has 0 fully saturated rings. The average molecular weight is 270 g/mol. The molecule has 3 nitrogen and oxygen atoms in total. The smallest absolute Gasteiger partial charge is 0.327 e. The summed E-state index contributed by atoms with van der Waals surface area (Å²) in [7, 11) is 0. The molecule has 0 aliphatic carbocycles. The highest BCUT2D eigenvalue weighted by atomic mass is 19.4. The Morgan fingerprint density at radius 1 is 1.42 bits per heavy atom. The summed E-state index contributed by atoms with van der Waals surface area (Å²) in [5.41, 5.74) is 0.750. The van der Waals surface area contributed by atoms with Crippen molar-refractivity contribution in [3.05, 3.63) is 48.8 Å². The first-order valence-electron chi connectivity index (χ1n) is 5.48. The van der Waals surface area contributed by atoms with Gasteiger partial charge in [0.25, 0.3) is 0 Å². The molecule has 0 saturated carbocycles. The van der Waals surface area contributed by atoms with E-state index in [0.29, 0.717) is 4.90 Å². The summed E-state index contributed by atoms with van der Waals surface area (Å²) >= 11 is 0. The van der Waals surface area contributed by atoms with E-state index >= 15 is 0 Å². The average Bonchev–Trinajstić information content (AvgIpc) is 2.37. The fraction of sp³-hybridized carbons (Fsp3) is 0.231. The van der Waals surface area contributed by atoms with Gasteiger partial charge in [0, 0.05) is 25.5 Å². The number of nitrogens with zero attached hydrogens (tertiary/aromatic N) is 2. The molecule has 0 bridgehead atoms. The molecular formula is C13H13F3N2O. The number of hydrogen-bond donors (Lipinski definition) is 0. The lowest BCUT2D eigenvalue weighted by Gasteiger charge is -2.20. The summed E-state index contributed by atoms with van der Waals surface area (Å²) in [4.78, 5) is 15.6. The van der Waals surface area contributed by atoms with E-state index in [-0.39, 0.29) is 13.1 Å². The molecule has 0 spiro atoms. The molecule has 1 heterocycles. The Labute approximate surface area is 109 Å². The molecule has 1 aromatic rings. The van der Waals surface area contributed by atoms with E-state index in [1.807, 2.05) is 0 Å². The first-order chi connectivity index (χ1) is 8.95. The molecule has 0 N–H and O–H groups in total. The van der Waals surface area contributed by atoms with Crippen molar-refractivity contribution in [1.82, 2.24) is 9.88 Å². The summed E-state index contributed by atoms with van der Waals surface area (Å²) in [5, 5.41) is 0. The first-order valence-corrected chi connectivity index (χ1v) is 5.48. The SMILES string of the molecule is C=CCN(CC=Cc1cccnc1)C(=O)C(F)(F)F. The minimum absolute atomic E-state index is 0.140. The topological polar surface area (TPSA) is 33.2 Å². The maximum absolute atomic E-state index is 12.3. The van der Waals surface area contributed by atoms with Crippen molar-refractivity contribution in [2.45, 2.75) is 6.18 Å². The molecule has 0 atom stereocenters. The van der Waals surface area contributed by atoms with E-state index in [1.165, 1.54) is 12.2 Å². The molecule has 102 valence electrons. The van der Waals surface area contributed by atoms with Gasteiger partial charge in [-0.2, -0.15) is 13.2 Å². The molecule has 0 radical (unpaired) electrons. The maximum Gasteiger partial charge on any atom is 0.471 e. The summed E-state index contributed by atoms with van der Waals surface area (Å²) < 4.78 is 36.9. The quantitative estimate of drug-likeness (QED) is 0.771. The molecule has 19 heavy (non-hydrogen) atoms. The van der Waals surface area contributed by atoms with E-state index < -0.39 is 12.1 Å². The molecule has 0 unspecified atom stereocenters. The van der Waals surface area contributed by atoms with Crippen LogP contribution in [0.1, 0.15) is 5.56 Å². The summed E-state index contributed by atoms with van der Waals surface area (Å²) in [6.07, 6.45) is 2.62. The van der Waals surface area contributed by atoms with Crippen LogP contribution in [0.4, 0.5) is 13.2 Å². The Hall–Kier alpha value is -2.11. The molecule has 0 aromatic carbocycles. The highest BCUT2D eigenvalue weighted by Crippen LogP contribution is 2.18. The fourth-order valence-electron chi connectivity index (χ4n) is 1.37. The predicted octanol–water partition coefficient (Wildman–Crippen LogP) is 2.67. The largest absolute Gasteiger partial charge is 0.471 e. The third kappa shape index (κ3) is 4.95. The second kappa shape index (κ2) is 6.72. The van der Waals surface area contributed by atoms with Crippen molar-refractivity contribution in [1.29, 1.82) is 0 Å². The molecule has 6 heteroatoms. The molecule has 1 rings (SSSR count). The normalized spacial score (nSPS) is 11.5. The van der Waals surface area contributed by atoms with E-state index in [0.717, 1.165) is 5.56 Å². The molecule has 1 aromatic heterocycles. The number of aromatic nitrogens is 1. The van der Waals surface area contributed by atoms with Crippen LogP contribution in [0.25, 0.3) is 6.08 Å². The van der Waals surface area contributed by atoms with Crippen molar-refractivity contribution < 1.29 is 18.0 Å². The Kier molecular flexibility index (Phi) is 5.29. The Bertz CT molecular complexity index is 455. The van der Waals surface area contributed by atoms with Crippen LogP contribution < -0.4 is 0 Å². The number of hydrogen-bond acceptors (Lipinski definition) is 2. The fourth-order valence-corrected chi connectivity index (χ4v) is 1.37. The standard InChI is InChI=1S/C13H13F3N2O/c1-2-8-18(12(19)13(14,15)16)9-4-6-11-5-3-7-17-10-11/h2-7,10H,1,8-9H2. The maximum atomic E-state index is 12.3. The minimum atomic E-state index is -4.87. The van der Waals surface area contributed by atoms with Gasteiger partial charge in [0.05, 0.1) is 0 Å². The van der Waals surface area contributed by atoms with E-state index in [2.05, 4.69) is 11.6 Å². The number of alkyl halides is 3. The number of carbonyl (C=O) groups is 1. The molecular weight excluding hydrogens is 257 g/mol. The minimum Gasteiger partial charge on any atom is -0.327 e. The summed E-state index contributed by atoms with van der Waals surface area (Å²) in [6, 6.07) is 3.47. The number of amides is 1. The van der Waals surface area contributed by atoms with Crippen LogP contribution in [0, 0.1) is 0 Å². The van der Waals surface area contributed by atoms with Crippen LogP contribution in [-0.2, 0) is 4.79 Å². The van der Waals surface area contributed by atoms with Crippen molar-refractivity contribution in [2.75, 3.05) is 13.1 Å². The number of halogens is 3. The lowest BCUT2D eigenvalue weighted by Crippen LogP contribution is -2.41. The zero-order chi connectivity index (χ0) is 14.3. The second-order valence-electron chi connectivity index (χ2n) is 3.69. The van der Waals surface area contributed by atoms with Gasteiger partial charge in [-0.25, -0.2) is 0 Å². The van der Waals surface area contributed by atoms with Gasteiger partial charge in [-0.3, -0.25) is 9.78 Å². The van der Waals surface area contributed by atoms with Crippen molar-refractivity contribution in [2.24, 2.45) is 0 Å². The zero-order valence-corrected chi connectivity index (χ0v) is 10.1. The lowest BCUT2D eigenvalue weighted by molar-refractivity contribution is -0.184. The van der Waals surface area contributed by atoms with Crippen LogP contribution in [-0.4, -0.2) is 35.1 Å². The molecule has 1 amide bonds. The van der Waals surface area contributed by atoms with Gasteiger partial charge in [-0.1, -0.05) is 24.3 Å². The van der Waals surface area contributed by atoms with Gasteiger partial charge < -0.3 is 4.90 Å². The Balaban J connectivity index is 2.67. The van der Waals surface area contributed by atoms with Crippen LogP contribution >= 0.6 is 0 Å². The molecule has 0 saturated heterocycles. The lowest BCUT2D eigenvalue weighted by atomic mass is 10.2. The van der Waals surface area contributed by atoms with E-state index in [1.54, 1.807) is 30.6 Å². The van der Waals surface area contributed by atoms with Crippen LogP contribution in [0.5, 0.6) is 0 Å². The van der Waals surface area contributed by atoms with Gasteiger partial charge in [-0.15, -0.1) is 6.58 Å². The Morgan fingerprint density at radius 2 is 2.16 bits per heavy atom. The van der Waals surface area contributed by atoms with Crippen LogP contribution in [0.15, 0.2) is 43.3 Å². The summed E-state index contributed by atoms with van der Waals surface area (Å²) in [5.74, 6) is -1.87. The predicted molar refractivity (Wildman–Crippen MR) is 66.1 cm³/mol. The third-order valence-electron chi connectivity index (χ3n) is 2.20. The highest BCUT2D eigenvalue weighted by Gasteiger charge is 2.41. The van der Waals surface area contributed by atoms with E-state index in [4.69, 9.17) is 0 Å². The van der Waals surface area contributed by atoms with Crippen molar-refractivity contribution in [3.8, 4) is 0 Å². The monoisotopic (exact) mass is 270 g/mol. The molecule has 0 aliphatic heterocycles. The van der Waals surface area contributed by atoms with E-state index in [9.17, 15) is 18.0 Å². The summed E-state index contributed by atoms with van der Waals surface area (Å²) in [6.45, 7) is 3.04. The first kappa shape index (κ1) is 14.9. The highest BCUT2D eigenvalue weighted by molar-refractivity contribution is 5.82. The number of pyridine rings is 1. The Morgan fingerprint density at radius 3 is 2.68 bits per heavy atom. The zero-order valence-electron chi connectivity index (χ0n) is 10.1. The van der Waals surface area contributed by atoms with Crippen molar-refractivity contribution in [3.63, 3.8) is 0 Å². The van der Waals surface area contributed by atoms with Gasteiger partial charge in [-0.05, 0) is 11.6 Å². The van der Waals surface area contributed by atoms with Crippen molar-refractivity contribution >= 4 is 12.0 Å². The van der Waals surface area contributed by atoms with Crippen LogP contribution in [0.3, 0.4) is 0 Å². The van der Waals surface area contributed by atoms with Crippen LogP contribution in [0.2, 0.25) is 0 Å². The van der Waals surface area contributed by atoms with Gasteiger partial charge in [0.15, 0.2) is 0 Å².